The molecule has 0 N–H and O–H groups in total. The van der Waals surface area contributed by atoms with Crippen LogP contribution < -0.4 is 10.6 Å². The molecule has 17 heavy (non-hydrogen) atoms. The molecule has 1 aliphatic rings. The first-order chi connectivity index (χ1) is 8.42. The average Bonchev–Trinajstić information content (AvgIpc) is 2.91. The molecule has 1 fully saturated rings. The van der Waals surface area contributed by atoms with E-state index in [2.05, 4.69) is 60.7 Å². The van der Waals surface area contributed by atoms with Gasteiger partial charge in [0.25, 0.3) is 0 Å². The fraction of sp³-hybridized carbons (Fsp3) is 0.250. The molecule has 0 bridgehead atoms. The Morgan fingerprint density at radius 3 is 1.41 bits per heavy atom. The van der Waals surface area contributed by atoms with Gasteiger partial charge in [0, 0.05) is 0 Å². The van der Waals surface area contributed by atoms with E-state index in [0.29, 0.717) is 0 Å². The Balaban J connectivity index is 2.11. The molecule has 0 radical (unpaired) electrons. The van der Waals surface area contributed by atoms with Gasteiger partial charge in [-0.3, -0.25) is 0 Å². The van der Waals surface area contributed by atoms with Crippen molar-refractivity contribution in [3.63, 3.8) is 0 Å². The van der Waals surface area contributed by atoms with E-state index in [-0.39, 0.29) is 0 Å². The summed E-state index contributed by atoms with van der Waals surface area (Å²) in [5.41, 5.74) is 0. The Hall–Kier alpha value is -1.13. The summed E-state index contributed by atoms with van der Waals surface area (Å²) in [5.74, 6) is 0. The Labute approximate surface area is 104 Å². The fourth-order valence-electron chi connectivity index (χ4n) is 3.24. The summed E-state index contributed by atoms with van der Waals surface area (Å²) < 4.78 is 0. The first-order valence-corrected chi connectivity index (χ1v) is 8.94. The van der Waals surface area contributed by atoms with Crippen molar-refractivity contribution in [3.05, 3.63) is 60.7 Å². The van der Waals surface area contributed by atoms with Crippen LogP contribution in [-0.4, -0.2) is 12.3 Å². The molecule has 0 amide bonds. The average molecular weight is 242 g/mol. The minimum atomic E-state index is -1.38. The maximum atomic E-state index is 2.35. The van der Waals surface area contributed by atoms with Crippen LogP contribution in [0, 0.1) is 0 Å². The van der Waals surface area contributed by atoms with Crippen LogP contribution in [0.4, 0.5) is 0 Å². The Morgan fingerprint density at radius 1 is 0.588 bits per heavy atom. The van der Waals surface area contributed by atoms with Crippen LogP contribution in [0.25, 0.3) is 0 Å². The summed E-state index contributed by atoms with van der Waals surface area (Å²) in [4.78, 5) is 0. The van der Waals surface area contributed by atoms with Crippen molar-refractivity contribution in [1.29, 1.82) is 0 Å². The van der Waals surface area contributed by atoms with Gasteiger partial charge in [0.2, 0.25) is 0 Å². The van der Waals surface area contributed by atoms with Crippen molar-refractivity contribution >= 4 is 17.9 Å². The number of hydrogen-bond donors (Lipinski definition) is 0. The van der Waals surface area contributed by atoms with E-state index in [9.17, 15) is 0 Å². The summed E-state index contributed by atoms with van der Waals surface area (Å²) in [6.07, 6.45) is 5.69. The van der Waals surface area contributed by atoms with E-state index in [4.69, 9.17) is 0 Å². The summed E-state index contributed by atoms with van der Waals surface area (Å²) in [6.45, 7) is 0. The second kappa shape index (κ2) is 4.63. The van der Waals surface area contributed by atoms with Gasteiger partial charge in [0.15, 0.2) is 0 Å². The molecule has 2 aromatic carbocycles. The third kappa shape index (κ3) is 1.91. The van der Waals surface area contributed by atoms with Crippen molar-refractivity contribution in [2.45, 2.75) is 12.8 Å². The molecule has 0 aliphatic carbocycles. The molecule has 1 heteroatoms. The van der Waals surface area contributed by atoms with Crippen LogP contribution in [0.1, 0.15) is 12.8 Å². The fourth-order valence-corrected chi connectivity index (χ4v) is 8.34. The van der Waals surface area contributed by atoms with Gasteiger partial charge >= 0.3 is 104 Å². The zero-order valence-electron chi connectivity index (χ0n) is 10.1. The van der Waals surface area contributed by atoms with Crippen molar-refractivity contribution in [2.75, 3.05) is 12.3 Å². The molecule has 0 spiro atoms. The van der Waals surface area contributed by atoms with Crippen molar-refractivity contribution in [3.8, 4) is 0 Å². The predicted octanol–water partition coefficient (Wildman–Crippen LogP) is 3.18. The van der Waals surface area contributed by atoms with Gasteiger partial charge in [-0.25, -0.2) is 0 Å². The molecule has 2 aromatic rings. The Kier molecular flexibility index (Phi) is 2.99. The number of benzene rings is 2. The second-order valence-electron chi connectivity index (χ2n) is 5.02. The summed E-state index contributed by atoms with van der Waals surface area (Å²) in [6, 6.07) is 22.5. The van der Waals surface area contributed by atoms with Gasteiger partial charge in [0.1, 0.15) is 0 Å². The molecule has 0 aromatic heterocycles. The molecule has 0 unspecified atom stereocenters. The first-order valence-electron chi connectivity index (χ1n) is 6.53. The van der Waals surface area contributed by atoms with Gasteiger partial charge in [-0.05, 0) is 0 Å². The Morgan fingerprint density at radius 2 is 1.00 bits per heavy atom. The molecule has 1 aliphatic heterocycles. The molecule has 0 atom stereocenters. The monoisotopic (exact) mass is 242 g/mol. The third-order valence-electron chi connectivity index (χ3n) is 4.11. The van der Waals surface area contributed by atoms with E-state index in [1.807, 2.05) is 0 Å². The third-order valence-corrected chi connectivity index (χ3v) is 9.40. The van der Waals surface area contributed by atoms with Crippen LogP contribution in [0.5, 0.6) is 0 Å². The van der Waals surface area contributed by atoms with Crippen LogP contribution >= 0.6 is 7.26 Å². The Bertz CT molecular complexity index is 428. The van der Waals surface area contributed by atoms with E-state index < -0.39 is 7.26 Å². The van der Waals surface area contributed by atoms with Crippen molar-refractivity contribution in [2.24, 2.45) is 0 Å². The summed E-state index contributed by atoms with van der Waals surface area (Å²) in [5, 5.41) is 3.26. The zero-order valence-corrected chi connectivity index (χ0v) is 11.1. The molecule has 1 heterocycles. The zero-order chi connectivity index (χ0) is 11.6. The molecule has 88 valence electrons. The molecule has 3 rings (SSSR count). The quantitative estimate of drug-likeness (QED) is 0.709. The van der Waals surface area contributed by atoms with Gasteiger partial charge in [-0.1, -0.05) is 0 Å². The molecule has 0 nitrogen and oxygen atoms in total. The SMILES string of the molecule is c1ccc([PH]2(c3ccccc3)CCCC2)cc1. The van der Waals surface area contributed by atoms with Crippen molar-refractivity contribution < 1.29 is 0 Å². The standard InChI is InChI=1S/C16H19P/c1-3-9-15(10-4-1)17(13-7-8-14-17)16-11-5-2-6-12-16/h1-6,9-12,17H,7-8,13-14H2. The van der Waals surface area contributed by atoms with Crippen LogP contribution in [0.15, 0.2) is 60.7 Å². The van der Waals surface area contributed by atoms with E-state index in [1.165, 1.54) is 25.2 Å². The van der Waals surface area contributed by atoms with Crippen LogP contribution in [0.3, 0.4) is 0 Å². The summed E-state index contributed by atoms with van der Waals surface area (Å²) in [7, 11) is -1.38. The first kappa shape index (κ1) is 11.0. The summed E-state index contributed by atoms with van der Waals surface area (Å²) >= 11 is 0. The molecular formula is C16H19P. The van der Waals surface area contributed by atoms with Gasteiger partial charge < -0.3 is 0 Å². The minimum absolute atomic E-state index is 1.38. The normalized spacial score (nSPS) is 20.0. The molecule has 0 saturated carbocycles. The van der Waals surface area contributed by atoms with E-state index >= 15 is 0 Å². The van der Waals surface area contributed by atoms with Gasteiger partial charge in [0.05, 0.1) is 0 Å². The molecule has 1 saturated heterocycles. The van der Waals surface area contributed by atoms with E-state index in [1.54, 1.807) is 10.6 Å². The van der Waals surface area contributed by atoms with E-state index in [0.717, 1.165) is 0 Å². The van der Waals surface area contributed by atoms with Gasteiger partial charge in [-0.2, -0.15) is 0 Å². The number of hydrogen-bond acceptors (Lipinski definition) is 0. The molecular weight excluding hydrogens is 223 g/mol. The van der Waals surface area contributed by atoms with Crippen LogP contribution in [0.2, 0.25) is 0 Å². The second-order valence-corrected chi connectivity index (χ2v) is 9.34. The van der Waals surface area contributed by atoms with Crippen LogP contribution in [-0.2, 0) is 0 Å². The van der Waals surface area contributed by atoms with Gasteiger partial charge in [-0.15, -0.1) is 0 Å². The topological polar surface area (TPSA) is 0 Å². The maximum absolute atomic E-state index is 2.35. The number of rotatable bonds is 2. The van der Waals surface area contributed by atoms with Crippen molar-refractivity contribution in [1.82, 2.24) is 0 Å². The predicted molar refractivity (Wildman–Crippen MR) is 79.4 cm³/mol.